The molecule has 0 bridgehead atoms. The number of hydrogen-bond acceptors (Lipinski definition) is 2. The van der Waals surface area contributed by atoms with Crippen LogP contribution >= 0.6 is 0 Å². The zero-order valence-electron chi connectivity index (χ0n) is 12.0. The molecule has 0 heterocycles. The highest BCUT2D eigenvalue weighted by Gasteiger charge is 2.16. The summed E-state index contributed by atoms with van der Waals surface area (Å²) in [6.45, 7) is 9.03. The molecule has 1 rings (SSSR count). The van der Waals surface area contributed by atoms with Gasteiger partial charge < -0.3 is 10.1 Å². The lowest BCUT2D eigenvalue weighted by atomic mass is 9.93. The van der Waals surface area contributed by atoms with E-state index in [1.807, 2.05) is 20.0 Å². The predicted molar refractivity (Wildman–Crippen MR) is 73.4 cm³/mol. The van der Waals surface area contributed by atoms with Crippen molar-refractivity contribution in [2.24, 2.45) is 5.41 Å². The fourth-order valence-corrected chi connectivity index (χ4v) is 1.67. The molecule has 0 amide bonds. The zero-order valence-corrected chi connectivity index (χ0v) is 12.0. The van der Waals surface area contributed by atoms with Crippen molar-refractivity contribution < 1.29 is 9.13 Å². The molecular formula is C15H24FNO. The Hall–Kier alpha value is -1.09. The van der Waals surface area contributed by atoms with Crippen molar-refractivity contribution in [2.45, 2.75) is 40.2 Å². The number of ether oxygens (including phenoxy) is 1. The minimum Gasteiger partial charge on any atom is -0.493 e. The first-order valence-electron chi connectivity index (χ1n) is 6.43. The third-order valence-electron chi connectivity index (χ3n) is 2.99. The van der Waals surface area contributed by atoms with E-state index in [-0.39, 0.29) is 17.3 Å². The van der Waals surface area contributed by atoms with Gasteiger partial charge in [-0.15, -0.1) is 0 Å². The monoisotopic (exact) mass is 253 g/mol. The van der Waals surface area contributed by atoms with Gasteiger partial charge in [-0.05, 0) is 37.9 Å². The molecule has 1 aromatic rings. The number of hydrogen-bond donors (Lipinski definition) is 1. The lowest BCUT2D eigenvalue weighted by Gasteiger charge is -2.21. The molecule has 18 heavy (non-hydrogen) atoms. The van der Waals surface area contributed by atoms with Crippen LogP contribution in [0.2, 0.25) is 0 Å². The second kappa shape index (κ2) is 6.19. The summed E-state index contributed by atoms with van der Waals surface area (Å²) in [6.07, 6.45) is 0.941. The summed E-state index contributed by atoms with van der Waals surface area (Å²) >= 11 is 0. The summed E-state index contributed by atoms with van der Waals surface area (Å²) in [4.78, 5) is 0. The maximum absolute atomic E-state index is 13.8. The van der Waals surface area contributed by atoms with E-state index < -0.39 is 0 Å². The average molecular weight is 253 g/mol. The lowest BCUT2D eigenvalue weighted by molar-refractivity contribution is 0.239. The molecule has 1 N–H and O–H groups in total. The van der Waals surface area contributed by atoms with Crippen molar-refractivity contribution in [3.8, 4) is 5.75 Å². The molecule has 0 aliphatic rings. The number of nitrogens with one attached hydrogen (secondary N) is 1. The first-order valence-corrected chi connectivity index (χ1v) is 6.43. The van der Waals surface area contributed by atoms with Crippen LogP contribution in [0.15, 0.2) is 18.2 Å². The molecule has 0 spiro atoms. The van der Waals surface area contributed by atoms with Crippen molar-refractivity contribution in [1.29, 1.82) is 0 Å². The highest BCUT2D eigenvalue weighted by molar-refractivity contribution is 5.36. The number of rotatable bonds is 5. The van der Waals surface area contributed by atoms with Gasteiger partial charge in [-0.1, -0.05) is 26.8 Å². The smallest absolute Gasteiger partial charge is 0.131 e. The molecule has 1 atom stereocenters. The molecule has 0 fully saturated rings. The number of benzene rings is 1. The van der Waals surface area contributed by atoms with E-state index in [0.717, 1.165) is 6.42 Å². The van der Waals surface area contributed by atoms with Gasteiger partial charge in [-0.25, -0.2) is 4.39 Å². The summed E-state index contributed by atoms with van der Waals surface area (Å²) in [6, 6.07) is 4.93. The average Bonchev–Trinajstić information content (AvgIpc) is 2.26. The van der Waals surface area contributed by atoms with Gasteiger partial charge in [-0.3, -0.25) is 0 Å². The predicted octanol–water partition coefficient (Wildman–Crippen LogP) is 3.92. The summed E-state index contributed by atoms with van der Waals surface area (Å²) in [5.41, 5.74) is 0.830. The summed E-state index contributed by atoms with van der Waals surface area (Å²) in [7, 11) is 1.82. The van der Waals surface area contributed by atoms with Gasteiger partial charge >= 0.3 is 0 Å². The van der Waals surface area contributed by atoms with Crippen LogP contribution in [0.1, 0.15) is 45.7 Å². The Morgan fingerprint density at radius 3 is 2.56 bits per heavy atom. The van der Waals surface area contributed by atoms with E-state index in [0.29, 0.717) is 17.9 Å². The molecule has 0 aromatic heterocycles. The second-order valence-corrected chi connectivity index (χ2v) is 5.82. The van der Waals surface area contributed by atoms with Crippen molar-refractivity contribution in [3.05, 3.63) is 29.6 Å². The standard InChI is InChI=1S/C15H24FNO/c1-11(17-5)14-12(16)7-6-8-13(14)18-10-9-15(2,3)4/h6-8,11,17H,9-10H2,1-5H3. The van der Waals surface area contributed by atoms with Crippen LogP contribution in [-0.2, 0) is 0 Å². The Kier molecular flexibility index (Phi) is 5.15. The Morgan fingerprint density at radius 1 is 1.33 bits per heavy atom. The molecule has 0 aliphatic heterocycles. The molecule has 0 saturated carbocycles. The van der Waals surface area contributed by atoms with Gasteiger partial charge in [0.2, 0.25) is 0 Å². The van der Waals surface area contributed by atoms with Crippen molar-refractivity contribution in [1.82, 2.24) is 5.32 Å². The van der Waals surface area contributed by atoms with Crippen molar-refractivity contribution in [2.75, 3.05) is 13.7 Å². The van der Waals surface area contributed by atoms with Gasteiger partial charge in [0.05, 0.1) is 6.61 Å². The largest absolute Gasteiger partial charge is 0.493 e. The first-order chi connectivity index (χ1) is 8.35. The molecule has 0 saturated heterocycles. The molecule has 0 radical (unpaired) electrons. The van der Waals surface area contributed by atoms with Crippen LogP contribution in [0.4, 0.5) is 4.39 Å². The van der Waals surface area contributed by atoms with Gasteiger partial charge in [0.1, 0.15) is 11.6 Å². The quantitative estimate of drug-likeness (QED) is 0.858. The van der Waals surface area contributed by atoms with E-state index in [1.165, 1.54) is 6.07 Å². The first kappa shape index (κ1) is 15.0. The van der Waals surface area contributed by atoms with Crippen LogP contribution in [0.5, 0.6) is 5.75 Å². The van der Waals surface area contributed by atoms with Crippen molar-refractivity contribution in [3.63, 3.8) is 0 Å². The minimum absolute atomic E-state index is 0.0594. The minimum atomic E-state index is -0.217. The highest BCUT2D eigenvalue weighted by Crippen LogP contribution is 2.28. The fraction of sp³-hybridized carbons (Fsp3) is 0.600. The molecule has 2 nitrogen and oxygen atoms in total. The van der Waals surface area contributed by atoms with Crippen LogP contribution in [-0.4, -0.2) is 13.7 Å². The van der Waals surface area contributed by atoms with Gasteiger partial charge in [-0.2, -0.15) is 0 Å². The van der Waals surface area contributed by atoms with E-state index in [1.54, 1.807) is 6.07 Å². The normalized spacial score (nSPS) is 13.4. The third kappa shape index (κ3) is 4.30. The molecule has 102 valence electrons. The molecule has 0 aliphatic carbocycles. The summed E-state index contributed by atoms with van der Waals surface area (Å²) in [5.74, 6) is 0.422. The highest BCUT2D eigenvalue weighted by atomic mass is 19.1. The maximum atomic E-state index is 13.8. The van der Waals surface area contributed by atoms with Gasteiger partial charge in [0.15, 0.2) is 0 Å². The van der Waals surface area contributed by atoms with E-state index in [4.69, 9.17) is 4.74 Å². The maximum Gasteiger partial charge on any atom is 0.131 e. The molecule has 3 heteroatoms. The Labute approximate surface area is 110 Å². The van der Waals surface area contributed by atoms with E-state index in [9.17, 15) is 4.39 Å². The van der Waals surface area contributed by atoms with Crippen molar-refractivity contribution >= 4 is 0 Å². The second-order valence-electron chi connectivity index (χ2n) is 5.82. The molecule has 1 aromatic carbocycles. The summed E-state index contributed by atoms with van der Waals surface area (Å²) in [5, 5.41) is 3.05. The van der Waals surface area contributed by atoms with Crippen LogP contribution in [0.25, 0.3) is 0 Å². The Balaban J connectivity index is 2.79. The Morgan fingerprint density at radius 2 is 2.00 bits per heavy atom. The zero-order chi connectivity index (χ0) is 13.8. The van der Waals surface area contributed by atoms with Gasteiger partial charge in [0, 0.05) is 11.6 Å². The van der Waals surface area contributed by atoms with Crippen LogP contribution in [0, 0.1) is 11.2 Å². The lowest BCUT2D eigenvalue weighted by Crippen LogP contribution is -2.17. The topological polar surface area (TPSA) is 21.3 Å². The Bertz CT molecular complexity index is 385. The third-order valence-corrected chi connectivity index (χ3v) is 2.99. The van der Waals surface area contributed by atoms with Crippen LogP contribution in [0.3, 0.4) is 0 Å². The SMILES string of the molecule is CNC(C)c1c(F)cccc1OCCC(C)(C)C. The van der Waals surface area contributed by atoms with Crippen LogP contribution < -0.4 is 10.1 Å². The molecule has 1 unspecified atom stereocenters. The van der Waals surface area contributed by atoms with E-state index in [2.05, 4.69) is 26.1 Å². The fourth-order valence-electron chi connectivity index (χ4n) is 1.67. The number of halogens is 1. The molecular weight excluding hydrogens is 229 g/mol. The van der Waals surface area contributed by atoms with E-state index >= 15 is 0 Å². The van der Waals surface area contributed by atoms with Gasteiger partial charge in [0.25, 0.3) is 0 Å². The summed E-state index contributed by atoms with van der Waals surface area (Å²) < 4.78 is 19.6.